The van der Waals surface area contributed by atoms with Crippen LogP contribution in [0.2, 0.25) is 0 Å². The van der Waals surface area contributed by atoms with E-state index in [9.17, 15) is 19.5 Å². The molecule has 2 aromatic carbocycles. The molecule has 0 heterocycles. The molecule has 0 saturated carbocycles. The highest BCUT2D eigenvalue weighted by atomic mass is 16.6. The molecule has 8 heteroatoms. The third-order valence-corrected chi connectivity index (χ3v) is 5.16. The molecule has 0 aliphatic heterocycles. The minimum Gasteiger partial charge on any atom is -0.508 e. The number of amides is 3. The number of carbonyl (C=O) groups is 3. The molecule has 3 N–H and O–H groups in total. The second kappa shape index (κ2) is 11.9. The van der Waals surface area contributed by atoms with Gasteiger partial charge in [0.2, 0.25) is 11.8 Å². The fraction of sp³-hybridized carbons (Fsp3) is 0.464. The number of rotatable bonds is 8. The molecule has 0 aliphatic carbocycles. The van der Waals surface area contributed by atoms with Gasteiger partial charge in [-0.05, 0) is 71.7 Å². The number of phenols is 1. The molecule has 0 saturated heterocycles. The molecule has 196 valence electrons. The smallest absolute Gasteiger partial charge is 0.408 e. The maximum Gasteiger partial charge on any atom is 0.408 e. The highest BCUT2D eigenvalue weighted by molar-refractivity contribution is 5.92. The van der Waals surface area contributed by atoms with Crippen LogP contribution < -0.4 is 10.6 Å². The summed E-state index contributed by atoms with van der Waals surface area (Å²) in [4.78, 5) is 41.5. The molecular formula is C28H39N3O5. The van der Waals surface area contributed by atoms with Crippen molar-refractivity contribution in [1.82, 2.24) is 15.5 Å². The summed E-state index contributed by atoms with van der Waals surface area (Å²) < 4.78 is 5.41. The molecule has 2 rings (SSSR count). The SMILES string of the molecule is CCN(C(=O)C(Cc1ccc(O)cc1)NC(=O)OC(C)(C)C)C(C(=O)NC(C)(C)C)c1ccccc1. The summed E-state index contributed by atoms with van der Waals surface area (Å²) in [6, 6.07) is 13.6. The van der Waals surface area contributed by atoms with Crippen molar-refractivity contribution in [2.75, 3.05) is 6.54 Å². The van der Waals surface area contributed by atoms with Crippen molar-refractivity contribution in [3.05, 3.63) is 65.7 Å². The van der Waals surface area contributed by atoms with Gasteiger partial charge in [0, 0.05) is 18.5 Å². The van der Waals surface area contributed by atoms with Crippen molar-refractivity contribution in [1.29, 1.82) is 0 Å². The first-order chi connectivity index (χ1) is 16.7. The maximum atomic E-state index is 14.0. The largest absolute Gasteiger partial charge is 0.508 e. The lowest BCUT2D eigenvalue weighted by atomic mass is 9.99. The van der Waals surface area contributed by atoms with E-state index in [1.54, 1.807) is 52.0 Å². The number of aromatic hydroxyl groups is 1. The molecule has 3 amide bonds. The Labute approximate surface area is 214 Å². The van der Waals surface area contributed by atoms with Crippen LogP contribution >= 0.6 is 0 Å². The number of nitrogens with zero attached hydrogens (tertiary/aromatic N) is 1. The van der Waals surface area contributed by atoms with Gasteiger partial charge in [0.15, 0.2) is 0 Å². The summed E-state index contributed by atoms with van der Waals surface area (Å²) in [6.07, 6.45) is -0.580. The van der Waals surface area contributed by atoms with Crippen molar-refractivity contribution in [2.45, 2.75) is 78.1 Å². The number of hydrogen-bond donors (Lipinski definition) is 3. The first-order valence-electron chi connectivity index (χ1n) is 12.1. The van der Waals surface area contributed by atoms with E-state index in [2.05, 4.69) is 10.6 Å². The Kier molecular flexibility index (Phi) is 9.50. The Balaban J connectivity index is 2.46. The molecule has 36 heavy (non-hydrogen) atoms. The number of ether oxygens (including phenoxy) is 1. The van der Waals surface area contributed by atoms with Gasteiger partial charge in [0.1, 0.15) is 23.4 Å². The normalized spacial score (nSPS) is 13.3. The number of benzene rings is 2. The molecule has 0 fully saturated rings. The van der Waals surface area contributed by atoms with E-state index < -0.39 is 35.2 Å². The first kappa shape index (κ1) is 28.7. The Morgan fingerprint density at radius 1 is 0.944 bits per heavy atom. The zero-order valence-corrected chi connectivity index (χ0v) is 22.3. The van der Waals surface area contributed by atoms with Crippen molar-refractivity contribution >= 4 is 17.9 Å². The number of phenolic OH excluding ortho intramolecular Hbond substituents is 1. The van der Waals surface area contributed by atoms with Crippen molar-refractivity contribution in [3.63, 3.8) is 0 Å². The van der Waals surface area contributed by atoms with Gasteiger partial charge in [-0.2, -0.15) is 0 Å². The number of alkyl carbamates (subject to hydrolysis) is 1. The van der Waals surface area contributed by atoms with Crippen LogP contribution in [0.25, 0.3) is 0 Å². The van der Waals surface area contributed by atoms with Crippen molar-refractivity contribution in [3.8, 4) is 5.75 Å². The minimum atomic E-state index is -1.00. The Morgan fingerprint density at radius 3 is 2.03 bits per heavy atom. The zero-order chi connectivity index (χ0) is 27.1. The Bertz CT molecular complexity index is 1020. The van der Waals surface area contributed by atoms with Crippen LogP contribution in [0.15, 0.2) is 54.6 Å². The molecule has 8 nitrogen and oxygen atoms in total. The van der Waals surface area contributed by atoms with Crippen LogP contribution in [0.5, 0.6) is 5.75 Å². The lowest BCUT2D eigenvalue weighted by molar-refractivity contribution is -0.142. The Morgan fingerprint density at radius 2 is 1.53 bits per heavy atom. The molecule has 0 aliphatic rings. The summed E-state index contributed by atoms with van der Waals surface area (Å²) in [6.45, 7) is 12.9. The van der Waals surface area contributed by atoms with Gasteiger partial charge >= 0.3 is 6.09 Å². The van der Waals surface area contributed by atoms with Gasteiger partial charge in [-0.15, -0.1) is 0 Å². The van der Waals surface area contributed by atoms with Gasteiger partial charge in [-0.25, -0.2) is 4.79 Å². The zero-order valence-electron chi connectivity index (χ0n) is 22.3. The summed E-state index contributed by atoms with van der Waals surface area (Å²) in [5, 5.41) is 15.3. The van der Waals surface area contributed by atoms with Crippen LogP contribution in [-0.4, -0.2) is 51.6 Å². The molecule has 0 bridgehead atoms. The summed E-state index contributed by atoms with van der Waals surface area (Å²) in [5.74, 6) is -0.640. The third kappa shape index (κ3) is 8.91. The van der Waals surface area contributed by atoms with E-state index in [4.69, 9.17) is 4.74 Å². The van der Waals surface area contributed by atoms with E-state index >= 15 is 0 Å². The first-order valence-corrected chi connectivity index (χ1v) is 12.1. The molecule has 0 radical (unpaired) electrons. The summed E-state index contributed by atoms with van der Waals surface area (Å²) in [7, 11) is 0. The number of hydrogen-bond acceptors (Lipinski definition) is 5. The fourth-order valence-electron chi connectivity index (χ4n) is 3.73. The van der Waals surface area contributed by atoms with E-state index in [0.717, 1.165) is 5.56 Å². The van der Waals surface area contributed by atoms with E-state index in [1.807, 2.05) is 39.0 Å². The number of likely N-dealkylation sites (N-methyl/N-ethyl adjacent to an activating group) is 1. The average molecular weight is 498 g/mol. The summed E-state index contributed by atoms with van der Waals surface area (Å²) in [5.41, 5.74) is 0.135. The quantitative estimate of drug-likeness (QED) is 0.503. The predicted molar refractivity (Wildman–Crippen MR) is 139 cm³/mol. The minimum absolute atomic E-state index is 0.0971. The van der Waals surface area contributed by atoms with Crippen LogP contribution in [0.1, 0.15) is 65.6 Å². The van der Waals surface area contributed by atoms with Crippen LogP contribution in [-0.2, 0) is 20.7 Å². The molecule has 0 aromatic heterocycles. The fourth-order valence-corrected chi connectivity index (χ4v) is 3.73. The van der Waals surface area contributed by atoms with Crippen molar-refractivity contribution < 1.29 is 24.2 Å². The second-order valence-electron chi connectivity index (χ2n) is 10.7. The average Bonchev–Trinajstić information content (AvgIpc) is 2.76. The molecule has 2 aromatic rings. The van der Waals surface area contributed by atoms with Gasteiger partial charge in [-0.1, -0.05) is 42.5 Å². The number of nitrogens with one attached hydrogen (secondary N) is 2. The van der Waals surface area contributed by atoms with Crippen LogP contribution in [0, 0.1) is 0 Å². The van der Waals surface area contributed by atoms with Gasteiger partial charge in [0.25, 0.3) is 0 Å². The lowest BCUT2D eigenvalue weighted by Crippen LogP contribution is -2.55. The summed E-state index contributed by atoms with van der Waals surface area (Å²) >= 11 is 0. The van der Waals surface area contributed by atoms with Gasteiger partial charge < -0.3 is 25.4 Å². The molecular weight excluding hydrogens is 458 g/mol. The van der Waals surface area contributed by atoms with Crippen molar-refractivity contribution in [2.24, 2.45) is 0 Å². The third-order valence-electron chi connectivity index (χ3n) is 5.16. The van der Waals surface area contributed by atoms with E-state index in [1.165, 1.54) is 17.0 Å². The van der Waals surface area contributed by atoms with E-state index in [-0.39, 0.29) is 24.6 Å². The topological polar surface area (TPSA) is 108 Å². The van der Waals surface area contributed by atoms with Crippen LogP contribution in [0.4, 0.5) is 4.79 Å². The standard InChI is InChI=1S/C28H39N3O5/c1-8-31(23(20-12-10-9-11-13-20)24(33)30-27(2,3)4)25(34)22(29-26(35)36-28(5,6)7)18-19-14-16-21(32)17-15-19/h9-17,22-23,32H,8,18H2,1-7H3,(H,29,35)(H,30,33). The highest BCUT2D eigenvalue weighted by Gasteiger charge is 2.36. The Hall–Kier alpha value is -3.55. The maximum absolute atomic E-state index is 14.0. The molecule has 2 atom stereocenters. The molecule has 2 unspecified atom stereocenters. The highest BCUT2D eigenvalue weighted by Crippen LogP contribution is 2.24. The second-order valence-corrected chi connectivity index (χ2v) is 10.7. The lowest BCUT2D eigenvalue weighted by Gasteiger charge is -2.35. The van der Waals surface area contributed by atoms with Crippen LogP contribution in [0.3, 0.4) is 0 Å². The predicted octanol–water partition coefficient (Wildman–Crippen LogP) is 4.33. The van der Waals surface area contributed by atoms with E-state index in [0.29, 0.717) is 5.56 Å². The molecule has 0 spiro atoms. The number of carbonyl (C=O) groups excluding carboxylic acids is 3. The van der Waals surface area contributed by atoms with Gasteiger partial charge in [-0.3, -0.25) is 9.59 Å². The van der Waals surface area contributed by atoms with Gasteiger partial charge in [0.05, 0.1) is 0 Å². The monoisotopic (exact) mass is 497 g/mol.